The van der Waals surface area contributed by atoms with Gasteiger partial charge in [0.15, 0.2) is 6.10 Å². The largest absolute Gasteiger partial charge is 0.472 e. The van der Waals surface area contributed by atoms with Crippen LogP contribution in [0.2, 0.25) is 0 Å². The van der Waals surface area contributed by atoms with Crippen molar-refractivity contribution >= 4 is 19.8 Å². The molecule has 0 spiro atoms. The van der Waals surface area contributed by atoms with Gasteiger partial charge in [0.2, 0.25) is 0 Å². The fourth-order valence-corrected chi connectivity index (χ4v) is 9.46. The van der Waals surface area contributed by atoms with Crippen LogP contribution in [-0.2, 0) is 32.7 Å². The molecular formula is C65H116NO8P. The number of carbonyl (C=O) groups excluding carboxylic acids is 2. The third-order valence-corrected chi connectivity index (χ3v) is 14.2. The van der Waals surface area contributed by atoms with E-state index in [1.54, 1.807) is 0 Å². The van der Waals surface area contributed by atoms with Crippen LogP contribution in [0.5, 0.6) is 0 Å². The van der Waals surface area contributed by atoms with Crippen molar-refractivity contribution in [2.24, 2.45) is 5.73 Å². The maximum absolute atomic E-state index is 12.7. The van der Waals surface area contributed by atoms with Gasteiger partial charge in [-0.05, 0) is 89.9 Å². The molecule has 0 saturated carbocycles. The van der Waals surface area contributed by atoms with Crippen molar-refractivity contribution in [1.82, 2.24) is 0 Å². The Labute approximate surface area is 462 Å². The SMILES string of the molecule is CC/C=C\C/C=C\C/C=C\C/C=C\C/C=C\CCCCCCCCCCCCCCCC(=O)OC(COC(=O)CCCCCCCCCCCCCCC/C=C\C/C=C\CCCCCCC)COP(=O)(O)OCCN. The van der Waals surface area contributed by atoms with Crippen LogP contribution in [0.3, 0.4) is 0 Å². The number of allylic oxidation sites excluding steroid dienone is 14. The molecule has 434 valence electrons. The summed E-state index contributed by atoms with van der Waals surface area (Å²) >= 11 is 0. The fraction of sp³-hybridized carbons (Fsp3) is 0.754. The van der Waals surface area contributed by atoms with Crippen LogP contribution in [0.25, 0.3) is 0 Å². The molecule has 0 aliphatic heterocycles. The van der Waals surface area contributed by atoms with Crippen LogP contribution >= 0.6 is 7.82 Å². The molecule has 0 fully saturated rings. The highest BCUT2D eigenvalue weighted by molar-refractivity contribution is 7.47. The molecule has 0 aliphatic carbocycles. The minimum atomic E-state index is -4.39. The lowest BCUT2D eigenvalue weighted by atomic mass is 10.0. The zero-order valence-corrected chi connectivity index (χ0v) is 49.4. The summed E-state index contributed by atoms with van der Waals surface area (Å²) in [5.41, 5.74) is 5.39. The highest BCUT2D eigenvalue weighted by atomic mass is 31.2. The Kier molecular flexibility index (Phi) is 58.2. The molecule has 10 heteroatoms. The number of nitrogens with two attached hydrogens (primary N) is 1. The minimum absolute atomic E-state index is 0.0509. The second-order valence-corrected chi connectivity index (χ2v) is 22.0. The summed E-state index contributed by atoms with van der Waals surface area (Å²) in [4.78, 5) is 35.3. The zero-order valence-electron chi connectivity index (χ0n) is 48.5. The molecule has 0 saturated heterocycles. The van der Waals surface area contributed by atoms with E-state index < -0.39 is 26.5 Å². The molecule has 9 nitrogen and oxygen atoms in total. The van der Waals surface area contributed by atoms with Crippen LogP contribution in [0.4, 0.5) is 0 Å². The molecule has 0 radical (unpaired) electrons. The first-order valence-electron chi connectivity index (χ1n) is 31.1. The van der Waals surface area contributed by atoms with Gasteiger partial charge in [0.25, 0.3) is 0 Å². The molecule has 2 unspecified atom stereocenters. The average Bonchev–Trinajstić information content (AvgIpc) is 3.40. The first kappa shape index (κ1) is 72.2. The molecule has 0 amide bonds. The summed E-state index contributed by atoms with van der Waals surface area (Å²) in [5, 5.41) is 0. The van der Waals surface area contributed by atoms with Crippen molar-refractivity contribution in [1.29, 1.82) is 0 Å². The molecule has 0 aromatic heterocycles. The third kappa shape index (κ3) is 60.3. The highest BCUT2D eigenvalue weighted by Gasteiger charge is 2.26. The molecule has 0 heterocycles. The summed E-state index contributed by atoms with van der Waals surface area (Å²) in [7, 11) is -4.39. The summed E-state index contributed by atoms with van der Waals surface area (Å²) < 4.78 is 33.1. The summed E-state index contributed by atoms with van der Waals surface area (Å²) in [6.45, 7) is 3.65. The minimum Gasteiger partial charge on any atom is -0.462 e. The molecule has 0 rings (SSSR count). The number of rotatable bonds is 58. The highest BCUT2D eigenvalue weighted by Crippen LogP contribution is 2.43. The number of phosphoric ester groups is 1. The van der Waals surface area contributed by atoms with Gasteiger partial charge in [-0.25, -0.2) is 4.57 Å². The Morgan fingerprint density at radius 2 is 0.733 bits per heavy atom. The number of esters is 2. The van der Waals surface area contributed by atoms with Crippen molar-refractivity contribution in [2.75, 3.05) is 26.4 Å². The van der Waals surface area contributed by atoms with E-state index in [1.807, 2.05) is 0 Å². The molecule has 3 N–H and O–H groups in total. The quantitative estimate of drug-likeness (QED) is 0.0264. The van der Waals surface area contributed by atoms with Gasteiger partial charge in [0.1, 0.15) is 6.61 Å². The van der Waals surface area contributed by atoms with E-state index in [4.69, 9.17) is 24.3 Å². The molecule has 0 aliphatic rings. The second-order valence-electron chi connectivity index (χ2n) is 20.5. The third-order valence-electron chi connectivity index (χ3n) is 13.3. The molecular weight excluding hydrogens is 954 g/mol. The van der Waals surface area contributed by atoms with Gasteiger partial charge >= 0.3 is 19.8 Å². The molecule has 75 heavy (non-hydrogen) atoms. The predicted octanol–water partition coefficient (Wildman–Crippen LogP) is 19.9. The predicted molar refractivity (Wildman–Crippen MR) is 321 cm³/mol. The number of hydrogen-bond donors (Lipinski definition) is 2. The van der Waals surface area contributed by atoms with Crippen LogP contribution in [0.1, 0.15) is 284 Å². The van der Waals surface area contributed by atoms with Crippen molar-refractivity contribution in [3.05, 3.63) is 85.1 Å². The Hall–Kier alpha value is -2.81. The van der Waals surface area contributed by atoms with Crippen molar-refractivity contribution in [3.63, 3.8) is 0 Å². The maximum Gasteiger partial charge on any atom is 0.472 e. The van der Waals surface area contributed by atoms with E-state index in [9.17, 15) is 19.0 Å². The van der Waals surface area contributed by atoms with E-state index in [0.717, 1.165) is 77.0 Å². The van der Waals surface area contributed by atoms with Gasteiger partial charge in [-0.2, -0.15) is 0 Å². The van der Waals surface area contributed by atoms with E-state index in [-0.39, 0.29) is 38.6 Å². The standard InChI is InChI=1S/C65H116NO8P/c1-3-5-7-9-11-13-15-17-19-21-23-25-27-29-30-31-32-34-36-38-40-42-44-46-48-50-52-54-56-58-65(68)74-63(62-73-75(69,70)72-60-59-66)61-71-64(67)57-55-53-51-49-47-45-43-41-39-37-35-33-28-26-24-22-20-18-16-14-12-10-8-6-4-2/h5,7,11,13,16-19,22-25,29-30,63H,3-4,6,8-10,12,14-15,20-21,26-28,31-62,66H2,1-2H3,(H,69,70)/b7-5-,13-11-,18-16-,19-17-,24-22-,25-23-,30-29-. The number of phosphoric acid groups is 1. The van der Waals surface area contributed by atoms with Crippen LogP contribution in [0.15, 0.2) is 85.1 Å². The van der Waals surface area contributed by atoms with Crippen molar-refractivity contribution in [3.8, 4) is 0 Å². The van der Waals surface area contributed by atoms with Gasteiger partial charge in [-0.1, -0.05) is 266 Å². The lowest BCUT2D eigenvalue weighted by molar-refractivity contribution is -0.161. The Bertz CT molecular complexity index is 1500. The summed E-state index contributed by atoms with van der Waals surface area (Å²) in [6.07, 6.45) is 79.3. The molecule has 0 aromatic rings. The van der Waals surface area contributed by atoms with Gasteiger partial charge < -0.3 is 20.1 Å². The second kappa shape index (κ2) is 60.4. The monoisotopic (exact) mass is 1070 g/mol. The number of ether oxygens (including phenoxy) is 2. The van der Waals surface area contributed by atoms with Crippen LogP contribution in [0, 0.1) is 0 Å². The Morgan fingerprint density at radius 1 is 0.413 bits per heavy atom. The summed E-state index contributed by atoms with van der Waals surface area (Å²) in [6, 6.07) is 0. The summed E-state index contributed by atoms with van der Waals surface area (Å²) in [5.74, 6) is -0.824. The number of unbranched alkanes of at least 4 members (excludes halogenated alkanes) is 31. The van der Waals surface area contributed by atoms with Crippen LogP contribution in [-0.4, -0.2) is 49.3 Å². The van der Waals surface area contributed by atoms with E-state index in [1.165, 1.54) is 173 Å². The Morgan fingerprint density at radius 3 is 1.09 bits per heavy atom. The van der Waals surface area contributed by atoms with Gasteiger partial charge in [-0.15, -0.1) is 0 Å². The normalized spacial score (nSPS) is 13.6. The van der Waals surface area contributed by atoms with Crippen molar-refractivity contribution in [2.45, 2.75) is 290 Å². The number of hydrogen-bond acceptors (Lipinski definition) is 8. The van der Waals surface area contributed by atoms with Gasteiger partial charge in [0.05, 0.1) is 13.2 Å². The topological polar surface area (TPSA) is 134 Å². The fourth-order valence-electron chi connectivity index (χ4n) is 8.69. The molecule has 2 atom stereocenters. The van der Waals surface area contributed by atoms with E-state index in [0.29, 0.717) is 6.42 Å². The first-order chi connectivity index (χ1) is 36.8. The average molecular weight is 1070 g/mol. The smallest absolute Gasteiger partial charge is 0.462 e. The molecule has 0 bridgehead atoms. The van der Waals surface area contributed by atoms with Crippen molar-refractivity contribution < 1.29 is 37.6 Å². The van der Waals surface area contributed by atoms with Crippen LogP contribution < -0.4 is 5.73 Å². The molecule has 0 aromatic carbocycles. The van der Waals surface area contributed by atoms with E-state index >= 15 is 0 Å². The van der Waals surface area contributed by atoms with E-state index in [2.05, 4.69) is 98.9 Å². The maximum atomic E-state index is 12.7. The number of carbonyl (C=O) groups is 2. The zero-order chi connectivity index (χ0) is 54.5. The lowest BCUT2D eigenvalue weighted by Gasteiger charge is -2.19. The first-order valence-corrected chi connectivity index (χ1v) is 32.6. The Balaban J connectivity index is 3.94. The lowest BCUT2D eigenvalue weighted by Crippen LogP contribution is -2.29. The van der Waals surface area contributed by atoms with Gasteiger partial charge in [0, 0.05) is 19.4 Å². The van der Waals surface area contributed by atoms with Gasteiger partial charge in [-0.3, -0.25) is 18.6 Å².